The Morgan fingerprint density at radius 1 is 1.24 bits per heavy atom. The van der Waals surface area contributed by atoms with E-state index in [9.17, 15) is 0 Å². The zero-order chi connectivity index (χ0) is 12.1. The van der Waals surface area contributed by atoms with E-state index >= 15 is 0 Å². The maximum Gasteiger partial charge on any atom is 0.133 e. The molecule has 2 N–H and O–H groups in total. The predicted molar refractivity (Wildman–Crippen MR) is 68.8 cm³/mol. The van der Waals surface area contributed by atoms with Crippen LogP contribution in [0.25, 0.3) is 0 Å². The van der Waals surface area contributed by atoms with Crippen molar-refractivity contribution >= 4 is 0 Å². The van der Waals surface area contributed by atoms with Gasteiger partial charge in [-0.3, -0.25) is 0 Å². The highest BCUT2D eigenvalue weighted by Gasteiger charge is 2.19. The van der Waals surface area contributed by atoms with Crippen LogP contribution in [0.4, 0.5) is 0 Å². The summed E-state index contributed by atoms with van der Waals surface area (Å²) in [5.41, 5.74) is 6.00. The number of fused-ring (bicyclic) bond motifs is 1. The third-order valence-corrected chi connectivity index (χ3v) is 3.56. The molecule has 1 atom stereocenters. The highest BCUT2D eigenvalue weighted by atomic mass is 15.3. The number of rotatable bonds is 6. The van der Waals surface area contributed by atoms with Gasteiger partial charge < -0.3 is 10.3 Å². The van der Waals surface area contributed by atoms with E-state index in [0.717, 1.165) is 37.5 Å². The monoisotopic (exact) mass is 236 g/mol. The fourth-order valence-electron chi connectivity index (χ4n) is 2.48. The zero-order valence-corrected chi connectivity index (χ0v) is 10.9. The first kappa shape index (κ1) is 12.6. The van der Waals surface area contributed by atoms with Crippen LogP contribution >= 0.6 is 0 Å². The topological polar surface area (TPSA) is 56.7 Å². The minimum absolute atomic E-state index is 0.289. The lowest BCUT2D eigenvalue weighted by Gasteiger charge is -2.20. The van der Waals surface area contributed by atoms with Crippen molar-refractivity contribution < 1.29 is 0 Å². The van der Waals surface area contributed by atoms with Gasteiger partial charge in [0.05, 0.1) is 0 Å². The summed E-state index contributed by atoms with van der Waals surface area (Å²) >= 11 is 0. The summed E-state index contributed by atoms with van der Waals surface area (Å²) in [7, 11) is 0. The maximum atomic E-state index is 6.00. The lowest BCUT2D eigenvalue weighted by Crippen LogP contribution is -2.32. The van der Waals surface area contributed by atoms with E-state index in [0.29, 0.717) is 0 Å². The normalized spacial score (nSPS) is 19.3. The number of nitrogens with two attached hydrogens (primary N) is 1. The van der Waals surface area contributed by atoms with Crippen LogP contribution in [-0.4, -0.2) is 20.8 Å². The number of hydrogen-bond acceptors (Lipinski definition) is 3. The van der Waals surface area contributed by atoms with Crippen LogP contribution in [0.1, 0.15) is 57.1 Å². The molecule has 0 bridgehead atoms. The van der Waals surface area contributed by atoms with E-state index in [4.69, 9.17) is 5.73 Å². The van der Waals surface area contributed by atoms with Crippen molar-refractivity contribution in [2.75, 3.05) is 0 Å². The molecular formula is C13H24N4. The van der Waals surface area contributed by atoms with Gasteiger partial charge in [-0.2, -0.15) is 0 Å². The summed E-state index contributed by atoms with van der Waals surface area (Å²) in [6.07, 6.45) is 9.63. The molecule has 4 nitrogen and oxygen atoms in total. The molecule has 4 heteroatoms. The van der Waals surface area contributed by atoms with E-state index < -0.39 is 0 Å². The average Bonchev–Trinajstić information content (AvgIpc) is 2.72. The summed E-state index contributed by atoms with van der Waals surface area (Å²) in [4.78, 5) is 0. The maximum absolute atomic E-state index is 6.00. The second-order valence-corrected chi connectivity index (χ2v) is 5.11. The van der Waals surface area contributed by atoms with E-state index in [1.807, 2.05) is 0 Å². The molecule has 1 aromatic heterocycles. The van der Waals surface area contributed by atoms with Gasteiger partial charge in [0, 0.05) is 25.4 Å². The SMILES string of the molecule is CCCCCCCc1nnc2n1CC(N)CC2. The van der Waals surface area contributed by atoms with Gasteiger partial charge in [0.15, 0.2) is 0 Å². The van der Waals surface area contributed by atoms with Gasteiger partial charge in [-0.15, -0.1) is 10.2 Å². The first-order valence-electron chi connectivity index (χ1n) is 6.97. The van der Waals surface area contributed by atoms with Crippen molar-refractivity contribution in [2.45, 2.75) is 70.9 Å². The van der Waals surface area contributed by atoms with Crippen LogP contribution in [0.5, 0.6) is 0 Å². The Labute approximate surface area is 104 Å². The number of hydrogen-bond donors (Lipinski definition) is 1. The molecule has 0 radical (unpaired) electrons. The fourth-order valence-corrected chi connectivity index (χ4v) is 2.48. The first-order chi connectivity index (χ1) is 8.31. The molecule has 1 aliphatic rings. The molecule has 1 unspecified atom stereocenters. The van der Waals surface area contributed by atoms with Gasteiger partial charge in [0.2, 0.25) is 0 Å². The van der Waals surface area contributed by atoms with Crippen LogP contribution in [0.15, 0.2) is 0 Å². The largest absolute Gasteiger partial charge is 0.326 e. The Kier molecular flexibility index (Phi) is 4.54. The molecule has 1 aromatic rings. The van der Waals surface area contributed by atoms with Gasteiger partial charge in [0.25, 0.3) is 0 Å². The molecule has 0 fully saturated rings. The predicted octanol–water partition coefficient (Wildman–Crippen LogP) is 2.06. The van der Waals surface area contributed by atoms with Crippen molar-refractivity contribution in [3.8, 4) is 0 Å². The molecule has 0 aromatic carbocycles. The third kappa shape index (κ3) is 3.28. The third-order valence-electron chi connectivity index (χ3n) is 3.56. The van der Waals surface area contributed by atoms with Crippen LogP contribution in [-0.2, 0) is 19.4 Å². The lowest BCUT2D eigenvalue weighted by molar-refractivity contribution is 0.441. The molecule has 0 spiro atoms. The Morgan fingerprint density at radius 2 is 2.06 bits per heavy atom. The number of aromatic nitrogens is 3. The summed E-state index contributed by atoms with van der Waals surface area (Å²) in [5.74, 6) is 2.28. The van der Waals surface area contributed by atoms with Crippen LogP contribution in [0.2, 0.25) is 0 Å². The van der Waals surface area contributed by atoms with Gasteiger partial charge >= 0.3 is 0 Å². The summed E-state index contributed by atoms with van der Waals surface area (Å²) < 4.78 is 2.24. The molecule has 2 heterocycles. The second-order valence-electron chi connectivity index (χ2n) is 5.11. The number of aryl methyl sites for hydroxylation is 2. The first-order valence-corrected chi connectivity index (χ1v) is 6.97. The van der Waals surface area contributed by atoms with Crippen molar-refractivity contribution in [2.24, 2.45) is 5.73 Å². The van der Waals surface area contributed by atoms with Crippen LogP contribution in [0, 0.1) is 0 Å². The Hall–Kier alpha value is -0.900. The van der Waals surface area contributed by atoms with Crippen molar-refractivity contribution in [3.05, 3.63) is 11.6 Å². The minimum atomic E-state index is 0.289. The summed E-state index contributed by atoms with van der Waals surface area (Å²) in [5, 5.41) is 8.57. The molecule has 1 aliphatic heterocycles. The van der Waals surface area contributed by atoms with Gasteiger partial charge in [-0.05, 0) is 12.8 Å². The van der Waals surface area contributed by atoms with Crippen molar-refractivity contribution in [3.63, 3.8) is 0 Å². The summed E-state index contributed by atoms with van der Waals surface area (Å²) in [6, 6.07) is 0.289. The van der Waals surface area contributed by atoms with E-state index in [2.05, 4.69) is 21.7 Å². The summed E-state index contributed by atoms with van der Waals surface area (Å²) in [6.45, 7) is 3.16. The van der Waals surface area contributed by atoms with Gasteiger partial charge in [0.1, 0.15) is 11.6 Å². The molecular weight excluding hydrogens is 212 g/mol. The second kappa shape index (κ2) is 6.15. The van der Waals surface area contributed by atoms with Crippen molar-refractivity contribution in [1.29, 1.82) is 0 Å². The van der Waals surface area contributed by atoms with E-state index in [1.165, 1.54) is 32.1 Å². The quantitative estimate of drug-likeness (QED) is 0.769. The van der Waals surface area contributed by atoms with E-state index in [-0.39, 0.29) is 6.04 Å². The lowest BCUT2D eigenvalue weighted by atomic mass is 10.1. The average molecular weight is 236 g/mol. The molecule has 0 amide bonds. The smallest absolute Gasteiger partial charge is 0.133 e. The Bertz CT molecular complexity index is 345. The fraction of sp³-hybridized carbons (Fsp3) is 0.846. The van der Waals surface area contributed by atoms with Gasteiger partial charge in [-0.25, -0.2) is 0 Å². The zero-order valence-electron chi connectivity index (χ0n) is 10.9. The number of unbranched alkanes of at least 4 members (excludes halogenated alkanes) is 4. The number of nitrogens with zero attached hydrogens (tertiary/aromatic N) is 3. The molecule has 0 saturated heterocycles. The van der Waals surface area contributed by atoms with Crippen LogP contribution in [0.3, 0.4) is 0 Å². The Balaban J connectivity index is 1.83. The molecule has 0 saturated carbocycles. The standard InChI is InChI=1S/C13H24N4/c1-2-3-4-5-6-7-12-15-16-13-9-8-11(14)10-17(12)13/h11H,2-10,14H2,1H3. The highest BCUT2D eigenvalue weighted by Crippen LogP contribution is 2.15. The molecule has 17 heavy (non-hydrogen) atoms. The molecule has 2 rings (SSSR count). The van der Waals surface area contributed by atoms with Gasteiger partial charge in [-0.1, -0.05) is 32.6 Å². The molecule has 0 aliphatic carbocycles. The minimum Gasteiger partial charge on any atom is -0.326 e. The van der Waals surface area contributed by atoms with Crippen molar-refractivity contribution in [1.82, 2.24) is 14.8 Å². The van der Waals surface area contributed by atoms with Crippen LogP contribution < -0.4 is 5.73 Å². The van der Waals surface area contributed by atoms with E-state index in [1.54, 1.807) is 0 Å². The Morgan fingerprint density at radius 3 is 2.88 bits per heavy atom. The highest BCUT2D eigenvalue weighted by molar-refractivity contribution is 5.01. The molecule has 96 valence electrons.